The fourth-order valence-electron chi connectivity index (χ4n) is 4.29. The average molecular weight is 528 g/mol. The fraction of sp³-hybridized carbons (Fsp3) is 0.231. The van der Waals surface area contributed by atoms with Crippen molar-refractivity contribution < 1.29 is 32.6 Å². The Morgan fingerprint density at radius 2 is 1.68 bits per heavy atom. The molecule has 0 amide bonds. The van der Waals surface area contributed by atoms with Gasteiger partial charge in [0.05, 0.1) is 16.5 Å². The Labute approximate surface area is 214 Å². The number of ether oxygens (including phenoxy) is 3. The zero-order chi connectivity index (χ0) is 26.2. The number of carbonyl (C=O) groups is 2. The lowest BCUT2D eigenvalue weighted by Crippen LogP contribution is -2.44. The van der Waals surface area contributed by atoms with Gasteiger partial charge in [-0.15, -0.1) is 0 Å². The third-order valence-electron chi connectivity index (χ3n) is 6.08. The monoisotopic (exact) mass is 527 g/mol. The zero-order valence-corrected chi connectivity index (χ0v) is 20.1. The molecule has 1 saturated heterocycles. The molecule has 1 fully saturated rings. The number of esters is 2. The second kappa shape index (κ2) is 9.87. The van der Waals surface area contributed by atoms with E-state index in [-0.39, 0.29) is 27.3 Å². The molecule has 1 aliphatic rings. The van der Waals surface area contributed by atoms with Gasteiger partial charge in [-0.2, -0.15) is 0 Å². The predicted molar refractivity (Wildman–Crippen MR) is 128 cm³/mol. The van der Waals surface area contributed by atoms with E-state index in [9.17, 15) is 14.0 Å². The van der Waals surface area contributed by atoms with E-state index >= 15 is 4.39 Å². The van der Waals surface area contributed by atoms with Gasteiger partial charge in [-0.1, -0.05) is 48.0 Å². The summed E-state index contributed by atoms with van der Waals surface area (Å²) in [6.07, 6.45) is -2.15. The van der Waals surface area contributed by atoms with E-state index in [0.29, 0.717) is 0 Å². The number of hydrogen-bond donors (Lipinski definition) is 0. The molecule has 0 spiro atoms. The number of hydrogen-bond acceptors (Lipinski definition) is 7. The van der Waals surface area contributed by atoms with Crippen LogP contribution in [0.25, 0.3) is 11.0 Å². The van der Waals surface area contributed by atoms with Gasteiger partial charge < -0.3 is 14.2 Å². The molecule has 0 aliphatic carbocycles. The number of halogens is 3. The van der Waals surface area contributed by atoms with Crippen LogP contribution in [0.15, 0.2) is 73.2 Å². The highest BCUT2D eigenvalue weighted by molar-refractivity contribution is 6.34. The first kappa shape index (κ1) is 24.8. The number of fused-ring (bicyclic) bond motifs is 1. The largest absolute Gasteiger partial charge is 0.459 e. The average Bonchev–Trinajstić information content (AvgIpc) is 3.37. The number of carbonyl (C=O) groups excluding carboxylic acids is 2. The van der Waals surface area contributed by atoms with Crippen LogP contribution < -0.4 is 0 Å². The number of nitrogens with zero attached hydrogens (tertiary/aromatic N) is 3. The highest BCUT2D eigenvalue weighted by Crippen LogP contribution is 2.45. The Morgan fingerprint density at radius 1 is 1.05 bits per heavy atom. The fourth-order valence-corrected chi connectivity index (χ4v) is 4.50. The Balaban J connectivity index is 1.47. The summed E-state index contributed by atoms with van der Waals surface area (Å²) in [5.74, 6) is -2.25. The highest BCUT2D eigenvalue weighted by Gasteiger charge is 2.58. The Morgan fingerprint density at radius 3 is 2.32 bits per heavy atom. The summed E-state index contributed by atoms with van der Waals surface area (Å²) in [5.41, 5.74) is -1.94. The predicted octanol–water partition coefficient (Wildman–Crippen LogP) is 4.93. The number of alkyl halides is 1. The molecule has 4 unspecified atom stereocenters. The SMILES string of the molecule is CC1(F)C(OC(=O)c2ccccc2)C(COC(=O)c2ccccc2)OC1n1cc(F)c2c(Cl)ncnc21. The van der Waals surface area contributed by atoms with E-state index in [1.165, 1.54) is 12.1 Å². The van der Waals surface area contributed by atoms with Gasteiger partial charge >= 0.3 is 11.9 Å². The van der Waals surface area contributed by atoms with E-state index in [4.69, 9.17) is 25.8 Å². The van der Waals surface area contributed by atoms with Crippen molar-refractivity contribution in [3.8, 4) is 0 Å². The Bertz CT molecular complexity index is 1450. The van der Waals surface area contributed by atoms with Gasteiger partial charge in [-0.3, -0.25) is 4.57 Å². The maximum atomic E-state index is 16.5. The standard InChI is InChI=1S/C26H20ClF2N3O5/c1-26(29)20(37-24(34)16-10-6-3-7-11-16)18(13-35-23(33)15-8-4-2-5-9-15)36-25(26)32-12-17(28)19-21(27)30-14-31-22(19)32/h2-12,14,18,20,25H,13H2,1H3. The minimum atomic E-state index is -2.40. The smallest absolute Gasteiger partial charge is 0.338 e. The van der Waals surface area contributed by atoms with Gasteiger partial charge in [0.25, 0.3) is 0 Å². The van der Waals surface area contributed by atoms with E-state index < -0.39 is 48.5 Å². The molecule has 4 atom stereocenters. The molecule has 11 heteroatoms. The van der Waals surface area contributed by atoms with Crippen LogP contribution >= 0.6 is 11.6 Å². The molecule has 2 aromatic heterocycles. The van der Waals surface area contributed by atoms with Crippen LogP contribution in [-0.4, -0.2) is 51.0 Å². The molecule has 0 N–H and O–H groups in total. The Hall–Kier alpha value is -3.89. The summed E-state index contributed by atoms with van der Waals surface area (Å²) in [6.45, 7) is 0.722. The maximum absolute atomic E-state index is 16.5. The topological polar surface area (TPSA) is 92.5 Å². The van der Waals surface area contributed by atoms with E-state index in [2.05, 4.69) is 9.97 Å². The Kier molecular flexibility index (Phi) is 6.61. The number of benzene rings is 2. The molecule has 3 heterocycles. The molecule has 2 aromatic carbocycles. The summed E-state index contributed by atoms with van der Waals surface area (Å²) >= 11 is 6.02. The van der Waals surface area contributed by atoms with Gasteiger partial charge in [0.15, 0.2) is 23.8 Å². The first-order valence-electron chi connectivity index (χ1n) is 11.3. The van der Waals surface area contributed by atoms with Gasteiger partial charge in [-0.05, 0) is 31.2 Å². The van der Waals surface area contributed by atoms with E-state index in [0.717, 1.165) is 24.0 Å². The summed E-state index contributed by atoms with van der Waals surface area (Å²) in [6, 6.07) is 16.2. The van der Waals surface area contributed by atoms with Crippen LogP contribution in [-0.2, 0) is 14.2 Å². The van der Waals surface area contributed by atoms with Crippen LogP contribution in [0.2, 0.25) is 5.15 Å². The minimum absolute atomic E-state index is 0.0126. The van der Waals surface area contributed by atoms with Crippen molar-refractivity contribution in [2.24, 2.45) is 0 Å². The molecular weight excluding hydrogens is 508 g/mol. The quantitative estimate of drug-likeness (QED) is 0.259. The van der Waals surface area contributed by atoms with Crippen molar-refractivity contribution >= 4 is 34.6 Å². The molecular formula is C26H20ClF2N3O5. The van der Waals surface area contributed by atoms with Crippen LogP contribution in [0.1, 0.15) is 33.9 Å². The minimum Gasteiger partial charge on any atom is -0.459 e. The van der Waals surface area contributed by atoms with Gasteiger partial charge in [-0.25, -0.2) is 28.3 Å². The second-order valence-electron chi connectivity index (χ2n) is 8.58. The third kappa shape index (κ3) is 4.65. The zero-order valence-electron chi connectivity index (χ0n) is 19.4. The van der Waals surface area contributed by atoms with Crippen LogP contribution in [0.5, 0.6) is 0 Å². The molecule has 190 valence electrons. The number of rotatable bonds is 6. The van der Waals surface area contributed by atoms with Crippen molar-refractivity contribution in [1.82, 2.24) is 14.5 Å². The van der Waals surface area contributed by atoms with E-state index in [1.54, 1.807) is 48.5 Å². The molecule has 5 rings (SSSR count). The van der Waals surface area contributed by atoms with Crippen molar-refractivity contribution in [2.75, 3.05) is 6.61 Å². The summed E-state index contributed by atoms with van der Waals surface area (Å²) in [7, 11) is 0. The lowest BCUT2D eigenvalue weighted by molar-refractivity contribution is -0.0610. The van der Waals surface area contributed by atoms with Gasteiger partial charge in [0, 0.05) is 6.20 Å². The summed E-state index contributed by atoms with van der Waals surface area (Å²) < 4.78 is 49.2. The van der Waals surface area contributed by atoms with Gasteiger partial charge in [0.2, 0.25) is 0 Å². The third-order valence-corrected chi connectivity index (χ3v) is 6.37. The molecule has 0 radical (unpaired) electrons. The highest BCUT2D eigenvalue weighted by atomic mass is 35.5. The lowest BCUT2D eigenvalue weighted by Gasteiger charge is -2.27. The van der Waals surface area contributed by atoms with Crippen LogP contribution in [0.4, 0.5) is 8.78 Å². The molecule has 0 bridgehead atoms. The number of aromatic nitrogens is 3. The summed E-state index contributed by atoms with van der Waals surface area (Å²) in [5, 5.41) is -0.263. The van der Waals surface area contributed by atoms with Crippen molar-refractivity contribution in [2.45, 2.75) is 31.0 Å². The van der Waals surface area contributed by atoms with Crippen molar-refractivity contribution in [1.29, 1.82) is 0 Å². The van der Waals surface area contributed by atoms with E-state index in [1.807, 2.05) is 0 Å². The molecule has 4 aromatic rings. The van der Waals surface area contributed by atoms with Crippen molar-refractivity contribution in [3.05, 3.63) is 95.3 Å². The van der Waals surface area contributed by atoms with Crippen LogP contribution in [0.3, 0.4) is 0 Å². The first-order valence-corrected chi connectivity index (χ1v) is 11.6. The first-order chi connectivity index (χ1) is 17.8. The van der Waals surface area contributed by atoms with Gasteiger partial charge in [0.1, 0.15) is 29.8 Å². The molecule has 1 aliphatic heterocycles. The second-order valence-corrected chi connectivity index (χ2v) is 8.94. The summed E-state index contributed by atoms with van der Waals surface area (Å²) in [4.78, 5) is 33.2. The normalized spacial score (nSPS) is 23.2. The molecule has 0 saturated carbocycles. The molecule has 8 nitrogen and oxygen atoms in total. The van der Waals surface area contributed by atoms with Crippen LogP contribution in [0, 0.1) is 5.82 Å². The molecule has 37 heavy (non-hydrogen) atoms. The lowest BCUT2D eigenvalue weighted by atomic mass is 9.98. The maximum Gasteiger partial charge on any atom is 0.338 e. The van der Waals surface area contributed by atoms with Crippen molar-refractivity contribution in [3.63, 3.8) is 0 Å².